The van der Waals surface area contributed by atoms with Crippen molar-refractivity contribution in [3.8, 4) is 5.75 Å². The Labute approximate surface area is 151 Å². The molecule has 26 heavy (non-hydrogen) atoms. The molecule has 0 amide bonds. The van der Waals surface area contributed by atoms with Crippen molar-refractivity contribution in [2.24, 2.45) is 0 Å². The highest BCUT2D eigenvalue weighted by Gasteiger charge is 2.23. The second kappa shape index (κ2) is 6.74. The summed E-state index contributed by atoms with van der Waals surface area (Å²) in [4.78, 5) is -0.348. The monoisotopic (exact) mass is 374 g/mol. The van der Waals surface area contributed by atoms with E-state index in [0.717, 1.165) is 29.4 Å². The fraction of sp³-hybridized carbons (Fsp3) is 0.263. The van der Waals surface area contributed by atoms with Crippen LogP contribution in [0.2, 0.25) is 0 Å². The van der Waals surface area contributed by atoms with Gasteiger partial charge >= 0.3 is 0 Å². The number of fused-ring (bicyclic) bond motifs is 1. The van der Waals surface area contributed by atoms with E-state index in [0.29, 0.717) is 29.3 Å². The number of aromatic nitrogens is 1. The van der Waals surface area contributed by atoms with Gasteiger partial charge in [0.15, 0.2) is 0 Å². The Morgan fingerprint density at radius 3 is 2.77 bits per heavy atom. The Kier molecular flexibility index (Phi) is 4.42. The first-order valence-corrected chi connectivity index (χ1v) is 9.98. The second-order valence-electron chi connectivity index (χ2n) is 6.34. The quantitative estimate of drug-likeness (QED) is 0.745. The van der Waals surface area contributed by atoms with Crippen LogP contribution in [0.1, 0.15) is 12.8 Å². The number of ether oxygens (including phenoxy) is 1. The summed E-state index contributed by atoms with van der Waals surface area (Å²) in [5, 5.41) is 4.05. The first-order chi connectivity index (χ1) is 12.6. The normalized spacial score (nSPS) is 17.7. The predicted octanol–water partition coefficient (Wildman–Crippen LogP) is 3.15. The van der Waals surface area contributed by atoms with E-state index in [-0.39, 0.29) is 4.90 Å². The van der Waals surface area contributed by atoms with Gasteiger partial charge in [-0.2, -0.15) is 0 Å². The highest BCUT2D eigenvalue weighted by molar-refractivity contribution is 7.90. The van der Waals surface area contributed by atoms with E-state index in [1.165, 1.54) is 24.4 Å². The number of rotatable bonds is 5. The van der Waals surface area contributed by atoms with Crippen LogP contribution in [-0.4, -0.2) is 31.6 Å². The van der Waals surface area contributed by atoms with Crippen LogP contribution in [0, 0.1) is 5.82 Å². The summed E-state index contributed by atoms with van der Waals surface area (Å²) in [6.07, 6.45) is 3.64. The minimum absolute atomic E-state index is 0.314. The predicted molar refractivity (Wildman–Crippen MR) is 97.4 cm³/mol. The molecule has 136 valence electrons. The lowest BCUT2D eigenvalue weighted by atomic mass is 10.2. The molecule has 0 aliphatic carbocycles. The van der Waals surface area contributed by atoms with E-state index in [2.05, 4.69) is 5.32 Å². The molecular weight excluding hydrogens is 355 g/mol. The fourth-order valence-corrected chi connectivity index (χ4v) is 4.72. The van der Waals surface area contributed by atoms with Crippen LogP contribution in [0.4, 0.5) is 4.39 Å². The van der Waals surface area contributed by atoms with Gasteiger partial charge in [-0.1, -0.05) is 18.2 Å². The molecule has 1 saturated heterocycles. The van der Waals surface area contributed by atoms with Gasteiger partial charge in [0.05, 0.1) is 5.52 Å². The van der Waals surface area contributed by atoms with Crippen LogP contribution < -0.4 is 10.1 Å². The Balaban J connectivity index is 1.71. The number of hydrogen-bond acceptors (Lipinski definition) is 4. The van der Waals surface area contributed by atoms with Crippen LogP contribution in [0.3, 0.4) is 0 Å². The maximum atomic E-state index is 14.0. The van der Waals surface area contributed by atoms with E-state index in [4.69, 9.17) is 4.74 Å². The average Bonchev–Trinajstić information content (AvgIpc) is 3.30. The van der Waals surface area contributed by atoms with Crippen molar-refractivity contribution in [1.29, 1.82) is 0 Å². The maximum absolute atomic E-state index is 14.0. The molecule has 0 spiro atoms. The summed E-state index contributed by atoms with van der Waals surface area (Å²) in [5.74, 6) is -0.146. The Morgan fingerprint density at radius 2 is 2.00 bits per heavy atom. The van der Waals surface area contributed by atoms with Crippen LogP contribution in [0.5, 0.6) is 5.75 Å². The van der Waals surface area contributed by atoms with Gasteiger partial charge in [0, 0.05) is 17.6 Å². The molecule has 5 nitrogen and oxygen atoms in total. The summed E-state index contributed by atoms with van der Waals surface area (Å²) in [7, 11) is -4.03. The summed E-state index contributed by atoms with van der Waals surface area (Å²) in [5.41, 5.74) is 0.463. The van der Waals surface area contributed by atoms with Crippen LogP contribution >= 0.6 is 0 Å². The van der Waals surface area contributed by atoms with Gasteiger partial charge in [0.1, 0.15) is 23.1 Å². The van der Waals surface area contributed by atoms with Crippen LogP contribution in [0.15, 0.2) is 59.6 Å². The van der Waals surface area contributed by atoms with Crippen molar-refractivity contribution < 1.29 is 17.5 Å². The van der Waals surface area contributed by atoms with Crippen molar-refractivity contribution in [1.82, 2.24) is 9.29 Å². The molecule has 1 fully saturated rings. The van der Waals surface area contributed by atoms with Crippen molar-refractivity contribution in [2.75, 3.05) is 13.2 Å². The minimum atomic E-state index is -4.03. The van der Waals surface area contributed by atoms with E-state index in [1.807, 2.05) is 6.07 Å². The Bertz CT molecular complexity index is 1040. The van der Waals surface area contributed by atoms with Gasteiger partial charge in [-0.15, -0.1) is 0 Å². The second-order valence-corrected chi connectivity index (χ2v) is 8.12. The zero-order chi connectivity index (χ0) is 18.1. The number of benzene rings is 2. The molecule has 1 aliphatic rings. The number of nitrogens with zero attached hydrogens (tertiary/aromatic N) is 1. The van der Waals surface area contributed by atoms with Gasteiger partial charge in [0.25, 0.3) is 10.0 Å². The average molecular weight is 374 g/mol. The summed E-state index contributed by atoms with van der Waals surface area (Å²) < 4.78 is 46.8. The third kappa shape index (κ3) is 2.97. The van der Waals surface area contributed by atoms with E-state index < -0.39 is 15.8 Å². The van der Waals surface area contributed by atoms with Gasteiger partial charge in [0.2, 0.25) is 0 Å². The number of hydrogen-bond donors (Lipinski definition) is 1. The largest absolute Gasteiger partial charge is 0.491 e. The summed E-state index contributed by atoms with van der Waals surface area (Å²) in [6.45, 7) is 1.53. The van der Waals surface area contributed by atoms with Crippen molar-refractivity contribution >= 4 is 20.9 Å². The van der Waals surface area contributed by atoms with Crippen molar-refractivity contribution in [3.63, 3.8) is 0 Å². The maximum Gasteiger partial charge on any atom is 0.271 e. The van der Waals surface area contributed by atoms with Gasteiger partial charge < -0.3 is 10.1 Å². The SMILES string of the molecule is O=S(=O)(c1ccccc1F)n1ccc2c(OCC3CCCN3)cccc21. The number of nitrogens with one attached hydrogen (secondary N) is 1. The molecule has 0 radical (unpaired) electrons. The summed E-state index contributed by atoms with van der Waals surface area (Å²) >= 11 is 0. The number of halogens is 1. The third-order valence-electron chi connectivity index (χ3n) is 4.63. The van der Waals surface area contributed by atoms with Crippen LogP contribution in [0.25, 0.3) is 10.9 Å². The molecule has 1 atom stereocenters. The van der Waals surface area contributed by atoms with E-state index >= 15 is 0 Å². The smallest absolute Gasteiger partial charge is 0.271 e. The molecule has 3 aromatic rings. The standard InChI is InChI=1S/C19H19FN2O3S/c20-16-6-1-2-9-19(16)26(23,24)22-12-10-15-17(22)7-3-8-18(15)25-13-14-5-4-11-21-14/h1-3,6-10,12,14,21H,4-5,11,13H2. The van der Waals surface area contributed by atoms with E-state index in [1.54, 1.807) is 18.2 Å². The molecule has 1 N–H and O–H groups in total. The van der Waals surface area contributed by atoms with E-state index in [9.17, 15) is 12.8 Å². The molecule has 1 aromatic heterocycles. The molecule has 7 heteroatoms. The molecular formula is C19H19FN2O3S. The van der Waals surface area contributed by atoms with Gasteiger partial charge in [-0.3, -0.25) is 0 Å². The highest BCUT2D eigenvalue weighted by atomic mass is 32.2. The third-order valence-corrected chi connectivity index (χ3v) is 6.36. The van der Waals surface area contributed by atoms with Gasteiger partial charge in [-0.05, 0) is 49.7 Å². The Hall–Kier alpha value is -2.38. The minimum Gasteiger partial charge on any atom is -0.491 e. The highest BCUT2D eigenvalue weighted by Crippen LogP contribution is 2.30. The van der Waals surface area contributed by atoms with Crippen molar-refractivity contribution in [2.45, 2.75) is 23.8 Å². The molecule has 0 bridgehead atoms. The van der Waals surface area contributed by atoms with Crippen LogP contribution in [-0.2, 0) is 10.0 Å². The van der Waals surface area contributed by atoms with Gasteiger partial charge in [-0.25, -0.2) is 16.8 Å². The molecule has 1 unspecified atom stereocenters. The lowest BCUT2D eigenvalue weighted by Gasteiger charge is -2.13. The molecule has 4 rings (SSSR count). The lowest BCUT2D eigenvalue weighted by Crippen LogP contribution is -2.28. The van der Waals surface area contributed by atoms with Crippen molar-refractivity contribution in [3.05, 3.63) is 60.5 Å². The molecule has 1 aliphatic heterocycles. The fourth-order valence-electron chi connectivity index (χ4n) is 3.30. The zero-order valence-corrected chi connectivity index (χ0v) is 14.9. The first kappa shape index (κ1) is 17.1. The first-order valence-electron chi connectivity index (χ1n) is 8.54. The lowest BCUT2D eigenvalue weighted by molar-refractivity contribution is 0.280. The molecule has 2 heterocycles. The summed E-state index contributed by atoms with van der Waals surface area (Å²) in [6, 6.07) is 12.6. The molecule has 2 aromatic carbocycles. The Morgan fingerprint density at radius 1 is 1.15 bits per heavy atom. The molecule has 0 saturated carbocycles. The zero-order valence-electron chi connectivity index (χ0n) is 14.1. The topological polar surface area (TPSA) is 60.3 Å².